The first-order valence-corrected chi connectivity index (χ1v) is 15.9. The van der Waals surface area contributed by atoms with Crippen LogP contribution in [-0.2, 0) is 21.4 Å². The molecule has 1 aliphatic rings. The van der Waals surface area contributed by atoms with Gasteiger partial charge in [0.15, 0.2) is 0 Å². The fourth-order valence-corrected chi connectivity index (χ4v) is 7.24. The maximum Gasteiger partial charge on any atom is 0.333 e. The highest BCUT2D eigenvalue weighted by Crippen LogP contribution is 2.54. The Labute approximate surface area is 260 Å². The van der Waals surface area contributed by atoms with E-state index in [1.165, 1.54) is 22.7 Å². The monoisotopic (exact) mass is 619 g/mol. The molecule has 0 radical (unpaired) electrons. The molecule has 4 heterocycles. The lowest BCUT2D eigenvalue weighted by molar-refractivity contribution is -0.167. The van der Waals surface area contributed by atoms with Gasteiger partial charge in [0.1, 0.15) is 21.9 Å². The minimum atomic E-state index is -1.41. The van der Waals surface area contributed by atoms with Crippen molar-refractivity contribution in [3.8, 4) is 5.75 Å². The summed E-state index contributed by atoms with van der Waals surface area (Å²) in [6, 6.07) is 4.89. The molecule has 4 aromatic rings. The molecule has 0 saturated carbocycles. The van der Waals surface area contributed by atoms with Crippen LogP contribution in [0, 0.1) is 0 Å². The van der Waals surface area contributed by atoms with Crippen molar-refractivity contribution in [2.75, 3.05) is 7.11 Å². The van der Waals surface area contributed by atoms with E-state index >= 15 is 0 Å². The molecule has 43 heavy (non-hydrogen) atoms. The van der Waals surface area contributed by atoms with Gasteiger partial charge in [0, 0.05) is 59.6 Å². The topological polar surface area (TPSA) is 107 Å². The van der Waals surface area contributed by atoms with E-state index in [4.69, 9.17) is 9.47 Å². The molecule has 1 aliphatic heterocycles. The van der Waals surface area contributed by atoms with Gasteiger partial charge in [0.05, 0.1) is 23.9 Å². The van der Waals surface area contributed by atoms with Crippen molar-refractivity contribution in [1.29, 1.82) is 0 Å². The van der Waals surface area contributed by atoms with E-state index in [0.29, 0.717) is 22.0 Å². The van der Waals surface area contributed by atoms with Crippen molar-refractivity contribution in [3.05, 3.63) is 86.8 Å². The summed E-state index contributed by atoms with van der Waals surface area (Å²) >= 11 is 2.88. The molecule has 0 unspecified atom stereocenters. The number of ether oxygens (including phenoxy) is 2. The average Bonchev–Trinajstić information content (AvgIpc) is 3.72. The van der Waals surface area contributed by atoms with E-state index in [1.54, 1.807) is 49.1 Å². The number of carbonyl (C=O) groups excluding carboxylic acids is 2. The Morgan fingerprint density at radius 3 is 2.33 bits per heavy atom. The molecular formula is C32H37N5O4S2. The number of carbonyl (C=O) groups is 2. The van der Waals surface area contributed by atoms with Crippen molar-refractivity contribution in [3.63, 3.8) is 0 Å². The molecule has 1 aromatic carbocycles. The number of likely N-dealkylation sites (tertiary alicyclic amines) is 1. The summed E-state index contributed by atoms with van der Waals surface area (Å²) in [5.41, 5.74) is -0.351. The minimum absolute atomic E-state index is 0.182. The highest BCUT2D eigenvalue weighted by Gasteiger charge is 2.61. The largest absolute Gasteiger partial charge is 0.496 e. The van der Waals surface area contributed by atoms with Crippen LogP contribution < -0.4 is 4.74 Å². The number of nitrogens with zero attached hydrogens (tertiary/aromatic N) is 5. The number of thiazole rings is 2. The number of rotatable bonds is 7. The van der Waals surface area contributed by atoms with Crippen LogP contribution in [-0.4, -0.2) is 55.0 Å². The van der Waals surface area contributed by atoms with Crippen LogP contribution >= 0.6 is 22.7 Å². The zero-order valence-electron chi connectivity index (χ0n) is 25.5. The Bertz CT molecular complexity index is 1560. The fourth-order valence-electron chi connectivity index (χ4n) is 5.73. The standard InChI is InChI=1S/C32H37N5O4S2/c1-30(2,3)22-9-8-20(16-24(22)40-7)28(38)37-26(27-36-13-15-43-27)21(23-19-33-10-11-34-23)17-32(37,18-25-35-12-14-42-25)29(39)41-31(4,5)6/h8-16,19,21,26H,17-18H2,1-7H3/t21-,26-,32-/m1/s1. The van der Waals surface area contributed by atoms with Crippen molar-refractivity contribution >= 4 is 34.6 Å². The van der Waals surface area contributed by atoms with Gasteiger partial charge >= 0.3 is 5.97 Å². The maximum atomic E-state index is 15.0. The van der Waals surface area contributed by atoms with Gasteiger partial charge in [-0.15, -0.1) is 22.7 Å². The number of hydrogen-bond acceptors (Lipinski definition) is 10. The number of esters is 1. The molecule has 0 bridgehead atoms. The normalized spacial score (nSPS) is 20.7. The molecule has 3 atom stereocenters. The Kier molecular flexibility index (Phi) is 8.41. The van der Waals surface area contributed by atoms with Crippen LogP contribution in [0.1, 0.15) is 91.6 Å². The van der Waals surface area contributed by atoms with Crippen molar-refractivity contribution in [1.82, 2.24) is 24.8 Å². The second-order valence-electron chi connectivity index (χ2n) is 12.7. The molecule has 0 aliphatic carbocycles. The minimum Gasteiger partial charge on any atom is -0.496 e. The molecule has 0 spiro atoms. The van der Waals surface area contributed by atoms with Crippen LogP contribution in [0.2, 0.25) is 0 Å². The van der Waals surface area contributed by atoms with Gasteiger partial charge in [-0.2, -0.15) is 0 Å². The number of hydrogen-bond donors (Lipinski definition) is 0. The number of benzene rings is 1. The van der Waals surface area contributed by atoms with Crippen LogP contribution in [0.15, 0.2) is 59.9 Å². The predicted octanol–water partition coefficient (Wildman–Crippen LogP) is 6.39. The zero-order chi connectivity index (χ0) is 31.0. The van der Waals surface area contributed by atoms with Crippen LogP contribution in [0.5, 0.6) is 5.75 Å². The second kappa shape index (κ2) is 11.8. The highest BCUT2D eigenvalue weighted by molar-refractivity contribution is 7.09. The van der Waals surface area contributed by atoms with Crippen molar-refractivity contribution in [2.45, 2.75) is 82.9 Å². The van der Waals surface area contributed by atoms with Crippen LogP contribution in [0.4, 0.5) is 0 Å². The summed E-state index contributed by atoms with van der Waals surface area (Å²) in [7, 11) is 1.60. The van der Waals surface area contributed by atoms with E-state index in [2.05, 4.69) is 40.7 Å². The lowest BCUT2D eigenvalue weighted by Gasteiger charge is -2.40. The first-order valence-electron chi connectivity index (χ1n) is 14.1. The molecule has 226 valence electrons. The zero-order valence-corrected chi connectivity index (χ0v) is 27.2. The number of amides is 1. The molecule has 1 saturated heterocycles. The Morgan fingerprint density at radius 1 is 1.00 bits per heavy atom. The van der Waals surface area contributed by atoms with Gasteiger partial charge in [-0.1, -0.05) is 26.8 Å². The van der Waals surface area contributed by atoms with Gasteiger partial charge in [-0.05, 0) is 50.3 Å². The summed E-state index contributed by atoms with van der Waals surface area (Å²) in [6.07, 6.45) is 8.80. The van der Waals surface area contributed by atoms with E-state index in [-0.39, 0.29) is 30.1 Å². The van der Waals surface area contributed by atoms with Gasteiger partial charge < -0.3 is 14.4 Å². The molecule has 1 fully saturated rings. The average molecular weight is 620 g/mol. The van der Waals surface area contributed by atoms with Crippen LogP contribution in [0.25, 0.3) is 0 Å². The lowest BCUT2D eigenvalue weighted by atomic mass is 9.85. The summed E-state index contributed by atoms with van der Waals surface area (Å²) in [5.74, 6) is -0.592. The number of aromatic nitrogens is 4. The third-order valence-corrected chi connectivity index (χ3v) is 9.15. The predicted molar refractivity (Wildman–Crippen MR) is 167 cm³/mol. The molecular weight excluding hydrogens is 583 g/mol. The van der Waals surface area contributed by atoms with Crippen molar-refractivity contribution in [2.24, 2.45) is 0 Å². The third-order valence-electron chi connectivity index (χ3n) is 7.53. The third kappa shape index (κ3) is 6.19. The first kappa shape index (κ1) is 30.7. The lowest BCUT2D eigenvalue weighted by Crippen LogP contribution is -2.57. The summed E-state index contributed by atoms with van der Waals surface area (Å²) in [4.78, 5) is 49.4. The van der Waals surface area contributed by atoms with E-state index in [9.17, 15) is 9.59 Å². The van der Waals surface area contributed by atoms with Gasteiger partial charge in [0.25, 0.3) is 5.91 Å². The van der Waals surface area contributed by atoms with Crippen LogP contribution in [0.3, 0.4) is 0 Å². The maximum absolute atomic E-state index is 15.0. The quantitative estimate of drug-likeness (QED) is 0.219. The Morgan fingerprint density at radius 2 is 1.74 bits per heavy atom. The Balaban J connectivity index is 1.75. The molecule has 0 N–H and O–H groups in total. The van der Waals surface area contributed by atoms with Gasteiger partial charge in [0.2, 0.25) is 0 Å². The molecule has 9 nitrogen and oxygen atoms in total. The fraction of sp³-hybridized carbons (Fsp3) is 0.438. The van der Waals surface area contributed by atoms with E-state index in [1.807, 2.05) is 43.7 Å². The molecule has 5 rings (SSSR count). The molecule has 3 aromatic heterocycles. The summed E-state index contributed by atoms with van der Waals surface area (Å²) in [6.45, 7) is 11.8. The number of methoxy groups -OCH3 is 1. The molecule has 1 amide bonds. The van der Waals surface area contributed by atoms with Crippen molar-refractivity contribution < 1.29 is 19.1 Å². The smallest absolute Gasteiger partial charge is 0.333 e. The summed E-state index contributed by atoms with van der Waals surface area (Å²) < 4.78 is 11.9. The SMILES string of the molecule is COc1cc(C(=O)N2[C@@H](c3nccs3)[C@@H](c3cnccn3)C[C@@]2(Cc2nccs2)C(=O)OC(C)(C)C)ccc1C(C)(C)C. The second-order valence-corrected chi connectivity index (χ2v) is 14.6. The first-order chi connectivity index (χ1) is 20.3. The summed E-state index contributed by atoms with van der Waals surface area (Å²) in [5, 5.41) is 5.17. The molecule has 11 heteroatoms. The van der Waals surface area contributed by atoms with Gasteiger partial charge in [-0.25, -0.2) is 14.8 Å². The van der Waals surface area contributed by atoms with E-state index in [0.717, 1.165) is 10.6 Å². The Hall–Kier alpha value is -3.70. The van der Waals surface area contributed by atoms with E-state index < -0.39 is 23.2 Å². The highest BCUT2D eigenvalue weighted by atomic mass is 32.1. The van der Waals surface area contributed by atoms with Gasteiger partial charge in [-0.3, -0.25) is 14.8 Å².